The number of hydrogen-bond acceptors (Lipinski definition) is 4. The molecule has 1 aliphatic carbocycles. The SMILES string of the molecule is C#CC[C@@H](C)[C@H](O)/C=C/[C@@H]1[C@H]2c3cccc(CCCC(=O)O)c3O[C@H]2C[C@H]1O. The lowest BCUT2D eigenvalue weighted by atomic mass is 9.86. The van der Waals surface area contributed by atoms with Crippen LogP contribution in [0.2, 0.25) is 0 Å². The van der Waals surface area contributed by atoms with E-state index < -0.39 is 18.2 Å². The molecule has 3 N–H and O–H groups in total. The quantitative estimate of drug-likeness (QED) is 0.474. The van der Waals surface area contributed by atoms with Gasteiger partial charge in [-0.25, -0.2) is 0 Å². The molecule has 0 aromatic heterocycles. The van der Waals surface area contributed by atoms with Crippen LogP contribution in [0, 0.1) is 24.2 Å². The number of benzene rings is 1. The Morgan fingerprint density at radius 1 is 1.46 bits per heavy atom. The Bertz CT molecular complexity index is 778. The van der Waals surface area contributed by atoms with Gasteiger partial charge in [-0.15, -0.1) is 12.3 Å². The zero-order chi connectivity index (χ0) is 20.3. The number of aliphatic carboxylic acids is 1. The Hall–Kier alpha value is -2.29. The van der Waals surface area contributed by atoms with Gasteiger partial charge >= 0.3 is 5.97 Å². The minimum absolute atomic E-state index is 0.0378. The van der Waals surface area contributed by atoms with Gasteiger partial charge in [-0.2, -0.15) is 0 Å². The fourth-order valence-electron chi connectivity index (χ4n) is 4.33. The molecule has 0 saturated heterocycles. The van der Waals surface area contributed by atoms with Crippen molar-refractivity contribution in [2.75, 3.05) is 0 Å². The van der Waals surface area contributed by atoms with Crippen molar-refractivity contribution in [1.29, 1.82) is 0 Å². The van der Waals surface area contributed by atoms with Crippen molar-refractivity contribution in [3.05, 3.63) is 41.5 Å². The highest BCUT2D eigenvalue weighted by Gasteiger charge is 2.48. The van der Waals surface area contributed by atoms with E-state index in [1.807, 2.05) is 31.2 Å². The van der Waals surface area contributed by atoms with Gasteiger partial charge < -0.3 is 20.1 Å². The number of hydrogen-bond donors (Lipinski definition) is 3. The van der Waals surface area contributed by atoms with Crippen LogP contribution in [0.25, 0.3) is 0 Å². The van der Waals surface area contributed by atoms with Crippen LogP contribution >= 0.6 is 0 Å². The summed E-state index contributed by atoms with van der Waals surface area (Å²) in [4.78, 5) is 10.8. The van der Waals surface area contributed by atoms with E-state index in [1.165, 1.54) is 0 Å². The number of aliphatic hydroxyl groups is 2. The molecule has 0 spiro atoms. The van der Waals surface area contributed by atoms with Crippen molar-refractivity contribution in [2.45, 2.75) is 63.3 Å². The molecule has 150 valence electrons. The van der Waals surface area contributed by atoms with Crippen LogP contribution in [0.4, 0.5) is 0 Å². The third-order valence-electron chi connectivity index (χ3n) is 5.88. The van der Waals surface area contributed by atoms with E-state index in [-0.39, 0.29) is 30.3 Å². The summed E-state index contributed by atoms with van der Waals surface area (Å²) in [5.74, 6) is 2.48. The summed E-state index contributed by atoms with van der Waals surface area (Å²) >= 11 is 0. The summed E-state index contributed by atoms with van der Waals surface area (Å²) in [7, 11) is 0. The second kappa shape index (κ2) is 8.81. The van der Waals surface area contributed by atoms with E-state index in [0.717, 1.165) is 16.9 Å². The Balaban J connectivity index is 1.77. The first-order valence-electron chi connectivity index (χ1n) is 9.90. The zero-order valence-electron chi connectivity index (χ0n) is 16.1. The number of carbonyl (C=O) groups is 1. The normalized spacial score (nSPS) is 27.6. The van der Waals surface area contributed by atoms with Crippen LogP contribution in [0.5, 0.6) is 5.75 Å². The van der Waals surface area contributed by atoms with Crippen LogP contribution in [0.1, 0.15) is 49.7 Å². The van der Waals surface area contributed by atoms with Gasteiger partial charge in [-0.1, -0.05) is 37.3 Å². The number of terminal acetylenes is 1. The second-order valence-electron chi connectivity index (χ2n) is 7.91. The van der Waals surface area contributed by atoms with Gasteiger partial charge in [0.25, 0.3) is 0 Å². The fourth-order valence-corrected chi connectivity index (χ4v) is 4.33. The van der Waals surface area contributed by atoms with Crippen molar-refractivity contribution in [1.82, 2.24) is 0 Å². The molecule has 1 aliphatic heterocycles. The maximum Gasteiger partial charge on any atom is 0.303 e. The van der Waals surface area contributed by atoms with E-state index in [1.54, 1.807) is 6.08 Å². The van der Waals surface area contributed by atoms with Gasteiger partial charge in [-0.05, 0) is 24.3 Å². The predicted molar refractivity (Wildman–Crippen MR) is 106 cm³/mol. The highest BCUT2D eigenvalue weighted by atomic mass is 16.5. The molecule has 5 heteroatoms. The number of rotatable bonds is 8. The third kappa shape index (κ3) is 4.24. The number of carboxylic acid groups (broad SMARTS) is 1. The highest BCUT2D eigenvalue weighted by molar-refractivity contribution is 5.66. The topological polar surface area (TPSA) is 87.0 Å². The standard InChI is InChI=1S/C23H28O5/c1-3-6-14(2)18(24)12-11-16-19(25)13-20-22(16)17-9-4-7-15(23(17)28-20)8-5-10-21(26)27/h1,4,7,9,11-12,14,16,18-20,22,24-25H,5-6,8,10,13H2,2H3,(H,26,27)/b12-11+/t14-,16+,18-,19-,20+,22+/m1/s1. The molecule has 0 amide bonds. The first-order valence-corrected chi connectivity index (χ1v) is 9.90. The minimum atomic E-state index is -0.795. The highest BCUT2D eigenvalue weighted by Crippen LogP contribution is 2.52. The molecular weight excluding hydrogens is 356 g/mol. The van der Waals surface area contributed by atoms with Gasteiger partial charge in [0.1, 0.15) is 11.9 Å². The molecule has 1 fully saturated rings. The molecule has 1 aromatic carbocycles. The lowest BCUT2D eigenvalue weighted by molar-refractivity contribution is -0.137. The maximum atomic E-state index is 10.8. The number of carboxylic acids is 1. The van der Waals surface area contributed by atoms with Crippen LogP contribution in [-0.4, -0.2) is 39.6 Å². The van der Waals surface area contributed by atoms with Gasteiger partial charge in [-0.3, -0.25) is 4.79 Å². The maximum absolute atomic E-state index is 10.8. The molecule has 3 rings (SSSR count). The number of ether oxygens (including phenoxy) is 1. The van der Waals surface area contributed by atoms with Crippen LogP contribution in [-0.2, 0) is 11.2 Å². The Morgan fingerprint density at radius 2 is 2.25 bits per heavy atom. The molecular formula is C23H28O5. The molecule has 1 aromatic rings. The number of para-hydroxylation sites is 1. The largest absolute Gasteiger partial charge is 0.489 e. The molecule has 0 radical (unpaired) electrons. The molecule has 2 aliphatic rings. The average Bonchev–Trinajstić information content (AvgIpc) is 3.15. The molecule has 0 unspecified atom stereocenters. The zero-order valence-corrected chi connectivity index (χ0v) is 16.1. The van der Waals surface area contributed by atoms with E-state index in [4.69, 9.17) is 16.3 Å². The fraction of sp³-hybridized carbons (Fsp3) is 0.522. The average molecular weight is 384 g/mol. The smallest absolute Gasteiger partial charge is 0.303 e. The molecule has 28 heavy (non-hydrogen) atoms. The number of aliphatic hydroxyl groups excluding tert-OH is 2. The summed E-state index contributed by atoms with van der Waals surface area (Å²) < 4.78 is 6.18. The minimum Gasteiger partial charge on any atom is -0.489 e. The number of fused-ring (bicyclic) bond motifs is 3. The summed E-state index contributed by atoms with van der Waals surface area (Å²) in [6.07, 6.45) is 10.1. The Kier molecular flexibility index (Phi) is 6.43. The van der Waals surface area contributed by atoms with Gasteiger partial charge in [0.15, 0.2) is 0 Å². The van der Waals surface area contributed by atoms with Crippen LogP contribution in [0.3, 0.4) is 0 Å². The van der Waals surface area contributed by atoms with Gasteiger partial charge in [0, 0.05) is 36.7 Å². The second-order valence-corrected chi connectivity index (χ2v) is 7.91. The molecule has 1 heterocycles. The number of aryl methyl sites for hydroxylation is 1. The van der Waals surface area contributed by atoms with E-state index in [2.05, 4.69) is 5.92 Å². The van der Waals surface area contributed by atoms with Crippen molar-refractivity contribution in [2.24, 2.45) is 11.8 Å². The Morgan fingerprint density at radius 3 is 2.96 bits per heavy atom. The molecule has 1 saturated carbocycles. The summed E-state index contributed by atoms with van der Waals surface area (Å²) in [5.41, 5.74) is 2.09. The van der Waals surface area contributed by atoms with Crippen molar-refractivity contribution in [3.63, 3.8) is 0 Å². The predicted octanol–water partition coefficient (Wildman–Crippen LogP) is 2.90. The molecule has 6 atom stereocenters. The van der Waals surface area contributed by atoms with E-state index >= 15 is 0 Å². The summed E-state index contributed by atoms with van der Waals surface area (Å²) in [6, 6.07) is 5.97. The van der Waals surface area contributed by atoms with Crippen LogP contribution < -0.4 is 4.74 Å². The Labute approximate surface area is 166 Å². The summed E-state index contributed by atoms with van der Waals surface area (Å²) in [6.45, 7) is 1.90. The summed E-state index contributed by atoms with van der Waals surface area (Å²) in [5, 5.41) is 29.7. The first-order chi connectivity index (χ1) is 13.4. The monoisotopic (exact) mass is 384 g/mol. The van der Waals surface area contributed by atoms with Crippen molar-refractivity contribution < 1.29 is 24.9 Å². The molecule has 5 nitrogen and oxygen atoms in total. The first kappa shape index (κ1) is 20.4. The third-order valence-corrected chi connectivity index (χ3v) is 5.88. The van der Waals surface area contributed by atoms with Gasteiger partial charge in [0.05, 0.1) is 12.2 Å². The van der Waals surface area contributed by atoms with Crippen LogP contribution in [0.15, 0.2) is 30.4 Å². The molecule has 0 bridgehead atoms. The van der Waals surface area contributed by atoms with E-state index in [9.17, 15) is 15.0 Å². The lowest BCUT2D eigenvalue weighted by Crippen LogP contribution is -2.19. The van der Waals surface area contributed by atoms with E-state index in [0.29, 0.717) is 25.7 Å². The lowest BCUT2D eigenvalue weighted by Gasteiger charge is -2.19. The van der Waals surface area contributed by atoms with Gasteiger partial charge in [0.2, 0.25) is 0 Å². The van der Waals surface area contributed by atoms with Crippen molar-refractivity contribution in [3.8, 4) is 18.1 Å². The van der Waals surface area contributed by atoms with Crippen molar-refractivity contribution >= 4 is 5.97 Å².